The van der Waals surface area contributed by atoms with Crippen LogP contribution in [0, 0.1) is 0 Å². The molecule has 2 N–H and O–H groups in total. The molecule has 0 unspecified atom stereocenters. The number of anilines is 2. The Morgan fingerprint density at radius 2 is 1.90 bits per heavy atom. The first-order valence-electron chi connectivity index (χ1n) is 6.93. The van der Waals surface area contributed by atoms with Gasteiger partial charge >= 0.3 is 6.09 Å². The molecule has 6 heteroatoms. The van der Waals surface area contributed by atoms with Crippen LogP contribution in [-0.4, -0.2) is 37.6 Å². The van der Waals surface area contributed by atoms with Crippen molar-refractivity contribution in [3.05, 3.63) is 36.5 Å². The number of benzene rings is 1. The van der Waals surface area contributed by atoms with Gasteiger partial charge in [-0.2, -0.15) is 0 Å². The highest BCUT2D eigenvalue weighted by Gasteiger charge is 2.31. The van der Waals surface area contributed by atoms with Gasteiger partial charge < -0.3 is 15.4 Å². The third-order valence-electron chi connectivity index (χ3n) is 3.67. The van der Waals surface area contributed by atoms with Crippen LogP contribution >= 0.6 is 0 Å². The SMILES string of the molecule is NC[C@H]1CN(c2ccc(N3C=CC(=O)CC3)cc2)C(=O)O1. The molecule has 0 spiro atoms. The van der Waals surface area contributed by atoms with E-state index in [4.69, 9.17) is 10.5 Å². The van der Waals surface area contributed by atoms with Crippen LogP contribution in [0.2, 0.25) is 0 Å². The highest BCUT2D eigenvalue weighted by atomic mass is 16.6. The molecule has 0 radical (unpaired) electrons. The first-order valence-corrected chi connectivity index (χ1v) is 6.93. The van der Waals surface area contributed by atoms with Crippen molar-refractivity contribution in [3.63, 3.8) is 0 Å². The van der Waals surface area contributed by atoms with Gasteiger partial charge in [0.1, 0.15) is 6.10 Å². The Balaban J connectivity index is 1.74. The molecule has 1 fully saturated rings. The summed E-state index contributed by atoms with van der Waals surface area (Å²) in [7, 11) is 0. The van der Waals surface area contributed by atoms with Crippen LogP contribution in [0.4, 0.5) is 16.2 Å². The number of ketones is 1. The number of amides is 1. The predicted molar refractivity (Wildman–Crippen MR) is 79.2 cm³/mol. The molecule has 1 saturated heterocycles. The molecule has 0 aromatic heterocycles. The molecule has 0 aliphatic carbocycles. The van der Waals surface area contributed by atoms with Gasteiger partial charge in [0, 0.05) is 37.1 Å². The Bertz CT molecular complexity index is 582. The maximum Gasteiger partial charge on any atom is 0.414 e. The summed E-state index contributed by atoms with van der Waals surface area (Å²) < 4.78 is 5.14. The van der Waals surface area contributed by atoms with E-state index in [0.717, 1.165) is 11.4 Å². The van der Waals surface area contributed by atoms with Gasteiger partial charge in [0.05, 0.1) is 6.54 Å². The number of nitrogens with two attached hydrogens (primary N) is 1. The molecule has 1 atom stereocenters. The quantitative estimate of drug-likeness (QED) is 0.906. The van der Waals surface area contributed by atoms with Gasteiger partial charge in [-0.1, -0.05) is 0 Å². The minimum Gasteiger partial charge on any atom is -0.443 e. The summed E-state index contributed by atoms with van der Waals surface area (Å²) >= 11 is 0. The molecule has 21 heavy (non-hydrogen) atoms. The van der Waals surface area contributed by atoms with Crippen LogP contribution in [0.3, 0.4) is 0 Å². The minimum atomic E-state index is -0.360. The summed E-state index contributed by atoms with van der Waals surface area (Å²) in [5.41, 5.74) is 7.30. The van der Waals surface area contributed by atoms with Crippen molar-refractivity contribution in [1.82, 2.24) is 0 Å². The number of hydrogen-bond donors (Lipinski definition) is 1. The zero-order valence-corrected chi connectivity index (χ0v) is 11.6. The van der Waals surface area contributed by atoms with Crippen molar-refractivity contribution in [2.24, 2.45) is 5.73 Å². The second-order valence-electron chi connectivity index (χ2n) is 5.09. The van der Waals surface area contributed by atoms with Gasteiger partial charge in [-0.3, -0.25) is 9.69 Å². The Morgan fingerprint density at radius 3 is 2.48 bits per heavy atom. The second-order valence-corrected chi connectivity index (χ2v) is 5.09. The number of nitrogens with zero attached hydrogens (tertiary/aromatic N) is 2. The first-order chi connectivity index (χ1) is 10.2. The van der Waals surface area contributed by atoms with Gasteiger partial charge in [0.15, 0.2) is 5.78 Å². The number of hydrogen-bond acceptors (Lipinski definition) is 5. The van der Waals surface area contributed by atoms with Crippen molar-refractivity contribution >= 4 is 23.3 Å². The van der Waals surface area contributed by atoms with Gasteiger partial charge in [-0.15, -0.1) is 0 Å². The zero-order valence-electron chi connectivity index (χ0n) is 11.6. The molecule has 6 nitrogen and oxygen atoms in total. The highest BCUT2D eigenvalue weighted by Crippen LogP contribution is 2.25. The smallest absolute Gasteiger partial charge is 0.414 e. The fourth-order valence-electron chi connectivity index (χ4n) is 2.46. The van der Waals surface area contributed by atoms with E-state index in [1.807, 2.05) is 29.2 Å². The molecule has 2 aliphatic heterocycles. The summed E-state index contributed by atoms with van der Waals surface area (Å²) in [6, 6.07) is 7.61. The standard InChI is InChI=1S/C15H17N3O3/c16-9-14-10-18(15(20)21-14)12-3-1-11(2-4-12)17-7-5-13(19)6-8-17/h1-5,7,14H,6,8-10,16H2/t14-/m0/s1. The van der Waals surface area contributed by atoms with Gasteiger partial charge in [0.2, 0.25) is 0 Å². The molecule has 1 aromatic carbocycles. The number of cyclic esters (lactones) is 1. The monoisotopic (exact) mass is 287 g/mol. The normalized spacial score (nSPS) is 21.9. The van der Waals surface area contributed by atoms with Crippen LogP contribution in [0.15, 0.2) is 36.5 Å². The van der Waals surface area contributed by atoms with E-state index in [9.17, 15) is 9.59 Å². The molecule has 2 aliphatic rings. The number of ether oxygens (including phenoxy) is 1. The third kappa shape index (κ3) is 2.75. The molecular formula is C15H17N3O3. The van der Waals surface area contributed by atoms with Gasteiger partial charge in [-0.05, 0) is 30.3 Å². The lowest BCUT2D eigenvalue weighted by atomic mass is 10.1. The molecule has 1 aromatic rings. The van der Waals surface area contributed by atoms with Crippen LogP contribution in [-0.2, 0) is 9.53 Å². The van der Waals surface area contributed by atoms with E-state index in [2.05, 4.69) is 0 Å². The zero-order chi connectivity index (χ0) is 14.8. The van der Waals surface area contributed by atoms with E-state index in [1.54, 1.807) is 17.2 Å². The summed E-state index contributed by atoms with van der Waals surface area (Å²) in [6.45, 7) is 1.48. The average molecular weight is 287 g/mol. The lowest BCUT2D eigenvalue weighted by Gasteiger charge is -2.23. The van der Waals surface area contributed by atoms with Crippen molar-refractivity contribution < 1.29 is 14.3 Å². The number of rotatable bonds is 3. The summed E-state index contributed by atoms with van der Waals surface area (Å²) in [4.78, 5) is 26.5. The predicted octanol–water partition coefficient (Wildman–Crippen LogP) is 1.26. The fourth-order valence-corrected chi connectivity index (χ4v) is 2.46. The molecule has 0 bridgehead atoms. The van der Waals surface area contributed by atoms with Crippen LogP contribution < -0.4 is 15.5 Å². The minimum absolute atomic E-state index is 0.149. The topological polar surface area (TPSA) is 75.9 Å². The molecule has 1 amide bonds. The fraction of sp³-hybridized carbons (Fsp3) is 0.333. The van der Waals surface area contributed by atoms with Crippen molar-refractivity contribution in [1.29, 1.82) is 0 Å². The molecule has 2 heterocycles. The summed E-state index contributed by atoms with van der Waals surface area (Å²) in [5, 5.41) is 0. The summed E-state index contributed by atoms with van der Waals surface area (Å²) in [5.74, 6) is 0.149. The number of carbonyl (C=O) groups is 2. The maximum absolute atomic E-state index is 11.8. The number of allylic oxidation sites excluding steroid dienone is 1. The van der Waals surface area contributed by atoms with Crippen LogP contribution in [0.1, 0.15) is 6.42 Å². The second kappa shape index (κ2) is 5.57. The molecule has 0 saturated carbocycles. The van der Waals surface area contributed by atoms with Crippen molar-refractivity contribution in [3.8, 4) is 0 Å². The largest absolute Gasteiger partial charge is 0.443 e. The Labute approximate surface area is 122 Å². The van der Waals surface area contributed by atoms with E-state index in [1.165, 1.54) is 0 Å². The van der Waals surface area contributed by atoms with Gasteiger partial charge in [0.25, 0.3) is 0 Å². The van der Waals surface area contributed by atoms with Crippen LogP contribution in [0.5, 0.6) is 0 Å². The van der Waals surface area contributed by atoms with Crippen molar-refractivity contribution in [2.45, 2.75) is 12.5 Å². The molecule has 110 valence electrons. The molecule has 3 rings (SSSR count). The number of carbonyl (C=O) groups excluding carboxylic acids is 2. The first kappa shape index (κ1) is 13.6. The van der Waals surface area contributed by atoms with Gasteiger partial charge in [-0.25, -0.2) is 4.79 Å². The average Bonchev–Trinajstić information content (AvgIpc) is 2.89. The van der Waals surface area contributed by atoms with E-state index >= 15 is 0 Å². The highest BCUT2D eigenvalue weighted by molar-refractivity contribution is 5.92. The molecular weight excluding hydrogens is 270 g/mol. The summed E-state index contributed by atoms with van der Waals surface area (Å²) in [6.07, 6.45) is 3.29. The lowest BCUT2D eigenvalue weighted by Crippen LogP contribution is -2.27. The third-order valence-corrected chi connectivity index (χ3v) is 3.67. The van der Waals surface area contributed by atoms with Crippen molar-refractivity contribution in [2.75, 3.05) is 29.4 Å². The Hall–Kier alpha value is -2.34. The van der Waals surface area contributed by atoms with E-state index < -0.39 is 0 Å². The van der Waals surface area contributed by atoms with Crippen LogP contribution in [0.25, 0.3) is 0 Å². The van der Waals surface area contributed by atoms with E-state index in [0.29, 0.717) is 26.1 Å². The maximum atomic E-state index is 11.8. The van der Waals surface area contributed by atoms with E-state index in [-0.39, 0.29) is 18.0 Å². The Morgan fingerprint density at radius 1 is 1.19 bits per heavy atom. The lowest BCUT2D eigenvalue weighted by molar-refractivity contribution is -0.114. The Kier molecular flexibility index (Phi) is 3.62.